The minimum atomic E-state index is 1.11. The van der Waals surface area contributed by atoms with Gasteiger partial charge in [0.25, 0.3) is 0 Å². The smallest absolute Gasteiger partial charge is 0.0458 e. The molecule has 0 unspecified atom stereocenters. The number of benzene rings is 1. The first-order valence-corrected chi connectivity index (χ1v) is 4.77. The van der Waals surface area contributed by atoms with Crippen LogP contribution in [0.3, 0.4) is 0 Å². The van der Waals surface area contributed by atoms with Gasteiger partial charge in [0.15, 0.2) is 0 Å². The summed E-state index contributed by atoms with van der Waals surface area (Å²) in [5.74, 6) is 0. The van der Waals surface area contributed by atoms with Gasteiger partial charge in [0.1, 0.15) is 0 Å². The molecule has 66 valence electrons. The molecular formula is C11H12N2. The number of fused-ring (bicyclic) bond motifs is 2. The van der Waals surface area contributed by atoms with Gasteiger partial charge in [-0.15, -0.1) is 0 Å². The van der Waals surface area contributed by atoms with Crippen LogP contribution >= 0.6 is 0 Å². The van der Waals surface area contributed by atoms with E-state index in [1.807, 2.05) is 6.20 Å². The molecule has 1 aliphatic rings. The number of H-pyrrole nitrogens is 1. The maximum absolute atomic E-state index is 3.43. The lowest BCUT2D eigenvalue weighted by Gasteiger charge is -2.17. The third kappa shape index (κ3) is 1.02. The van der Waals surface area contributed by atoms with Crippen LogP contribution in [0.4, 0.5) is 5.69 Å². The minimum Gasteiger partial charge on any atom is -0.385 e. The van der Waals surface area contributed by atoms with Crippen molar-refractivity contribution in [2.45, 2.75) is 12.8 Å². The molecule has 0 saturated heterocycles. The molecule has 0 aliphatic carbocycles. The predicted molar refractivity (Wildman–Crippen MR) is 55.1 cm³/mol. The zero-order chi connectivity index (χ0) is 8.67. The van der Waals surface area contributed by atoms with E-state index in [0.717, 1.165) is 6.54 Å². The second kappa shape index (κ2) is 2.52. The Kier molecular flexibility index (Phi) is 1.36. The average Bonchev–Trinajstić information content (AvgIpc) is 2.61. The van der Waals surface area contributed by atoms with Crippen molar-refractivity contribution in [1.29, 1.82) is 0 Å². The summed E-state index contributed by atoms with van der Waals surface area (Å²) in [6, 6.07) is 6.61. The zero-order valence-corrected chi connectivity index (χ0v) is 7.43. The van der Waals surface area contributed by atoms with Crippen molar-refractivity contribution in [3.8, 4) is 0 Å². The highest BCUT2D eigenvalue weighted by Gasteiger charge is 2.09. The second-order valence-corrected chi connectivity index (χ2v) is 3.60. The molecule has 0 spiro atoms. The first-order chi connectivity index (χ1) is 6.43. The van der Waals surface area contributed by atoms with Gasteiger partial charge in [-0.1, -0.05) is 0 Å². The molecule has 0 radical (unpaired) electrons. The average molecular weight is 172 g/mol. The van der Waals surface area contributed by atoms with Gasteiger partial charge in [-0.2, -0.15) is 0 Å². The summed E-state index contributed by atoms with van der Waals surface area (Å²) in [7, 11) is 0. The molecule has 1 aliphatic heterocycles. The normalized spacial score (nSPS) is 15.4. The zero-order valence-electron chi connectivity index (χ0n) is 7.43. The number of rotatable bonds is 0. The summed E-state index contributed by atoms with van der Waals surface area (Å²) in [5, 5.41) is 4.73. The molecule has 2 N–H and O–H groups in total. The molecule has 0 bridgehead atoms. The molecule has 13 heavy (non-hydrogen) atoms. The highest BCUT2D eigenvalue weighted by molar-refractivity contribution is 5.85. The Morgan fingerprint density at radius 2 is 2.23 bits per heavy atom. The van der Waals surface area contributed by atoms with Crippen molar-refractivity contribution < 1.29 is 0 Å². The molecular weight excluding hydrogens is 160 g/mol. The number of aromatic nitrogens is 1. The van der Waals surface area contributed by atoms with E-state index in [0.29, 0.717) is 0 Å². The molecule has 0 saturated carbocycles. The molecule has 0 atom stereocenters. The van der Waals surface area contributed by atoms with Crippen LogP contribution in [-0.4, -0.2) is 11.5 Å². The number of aryl methyl sites for hydroxylation is 1. The predicted octanol–water partition coefficient (Wildman–Crippen LogP) is 2.53. The van der Waals surface area contributed by atoms with E-state index in [1.54, 1.807) is 0 Å². The molecule has 2 aromatic rings. The van der Waals surface area contributed by atoms with E-state index in [-0.39, 0.29) is 0 Å². The van der Waals surface area contributed by atoms with E-state index in [2.05, 4.69) is 28.5 Å². The fraction of sp³-hybridized carbons (Fsp3) is 0.273. The van der Waals surface area contributed by atoms with Gasteiger partial charge < -0.3 is 10.3 Å². The van der Waals surface area contributed by atoms with Gasteiger partial charge in [-0.3, -0.25) is 0 Å². The highest BCUT2D eigenvalue weighted by atomic mass is 14.9. The summed E-state index contributed by atoms with van der Waals surface area (Å²) in [4.78, 5) is 3.24. The molecule has 2 heteroatoms. The van der Waals surface area contributed by atoms with Crippen molar-refractivity contribution in [3.63, 3.8) is 0 Å². The number of aromatic amines is 1. The summed E-state index contributed by atoms with van der Waals surface area (Å²) < 4.78 is 0. The van der Waals surface area contributed by atoms with Gasteiger partial charge in [0, 0.05) is 29.3 Å². The lowest BCUT2D eigenvalue weighted by molar-refractivity contribution is 0.832. The van der Waals surface area contributed by atoms with Gasteiger partial charge in [0.05, 0.1) is 0 Å². The van der Waals surface area contributed by atoms with Crippen LogP contribution in [0, 0.1) is 0 Å². The van der Waals surface area contributed by atoms with E-state index >= 15 is 0 Å². The fourth-order valence-electron chi connectivity index (χ4n) is 2.02. The monoisotopic (exact) mass is 172 g/mol. The molecule has 3 rings (SSSR count). The summed E-state index contributed by atoms with van der Waals surface area (Å²) in [5.41, 5.74) is 4.02. The Bertz CT molecular complexity index is 402. The van der Waals surface area contributed by atoms with Gasteiger partial charge in [0.2, 0.25) is 0 Å². The summed E-state index contributed by atoms with van der Waals surface area (Å²) >= 11 is 0. The standard InChI is InChI=1S/C11H12N2/c1-2-8-6-11-9(3-5-13-11)7-10(8)12-4-1/h3,5-7,12-13H,1-2,4H2. The van der Waals surface area contributed by atoms with Gasteiger partial charge >= 0.3 is 0 Å². The van der Waals surface area contributed by atoms with Crippen LogP contribution in [0.25, 0.3) is 10.9 Å². The maximum Gasteiger partial charge on any atom is 0.0458 e. The lowest BCUT2D eigenvalue weighted by atomic mass is 10.0. The van der Waals surface area contributed by atoms with Crippen LogP contribution in [0.1, 0.15) is 12.0 Å². The molecule has 1 aromatic carbocycles. The molecule has 2 heterocycles. The van der Waals surface area contributed by atoms with E-state index in [4.69, 9.17) is 0 Å². The van der Waals surface area contributed by atoms with Crippen molar-refractivity contribution in [1.82, 2.24) is 4.98 Å². The van der Waals surface area contributed by atoms with Crippen LogP contribution in [0.15, 0.2) is 24.4 Å². The molecule has 1 aromatic heterocycles. The largest absolute Gasteiger partial charge is 0.385 e. The second-order valence-electron chi connectivity index (χ2n) is 3.60. The summed E-state index contributed by atoms with van der Waals surface area (Å²) in [6.07, 6.45) is 4.45. The first-order valence-electron chi connectivity index (χ1n) is 4.77. The Hall–Kier alpha value is -1.44. The minimum absolute atomic E-state index is 1.11. The first kappa shape index (κ1) is 7.01. The fourth-order valence-corrected chi connectivity index (χ4v) is 2.02. The maximum atomic E-state index is 3.43. The number of anilines is 1. The lowest BCUT2D eigenvalue weighted by Crippen LogP contribution is -2.11. The van der Waals surface area contributed by atoms with Crippen LogP contribution in [-0.2, 0) is 6.42 Å². The van der Waals surface area contributed by atoms with Crippen molar-refractivity contribution in [2.75, 3.05) is 11.9 Å². The highest BCUT2D eigenvalue weighted by Crippen LogP contribution is 2.26. The molecule has 2 nitrogen and oxygen atoms in total. The van der Waals surface area contributed by atoms with Gasteiger partial charge in [-0.25, -0.2) is 0 Å². The molecule has 0 amide bonds. The molecule has 0 fully saturated rings. The van der Waals surface area contributed by atoms with Crippen LogP contribution in [0.2, 0.25) is 0 Å². The number of hydrogen-bond donors (Lipinski definition) is 2. The third-order valence-electron chi connectivity index (χ3n) is 2.72. The van der Waals surface area contributed by atoms with Crippen LogP contribution < -0.4 is 5.32 Å². The van der Waals surface area contributed by atoms with Crippen molar-refractivity contribution in [2.24, 2.45) is 0 Å². The summed E-state index contributed by atoms with van der Waals surface area (Å²) in [6.45, 7) is 1.11. The number of nitrogens with one attached hydrogen (secondary N) is 2. The van der Waals surface area contributed by atoms with Crippen molar-refractivity contribution in [3.05, 3.63) is 30.0 Å². The van der Waals surface area contributed by atoms with Crippen LogP contribution in [0.5, 0.6) is 0 Å². The Morgan fingerprint density at radius 1 is 1.23 bits per heavy atom. The van der Waals surface area contributed by atoms with Crippen molar-refractivity contribution >= 4 is 16.6 Å². The van der Waals surface area contributed by atoms with E-state index in [9.17, 15) is 0 Å². The SMILES string of the molecule is c1cc2cc3c(cc2[nH]1)CCCN3. The number of hydrogen-bond acceptors (Lipinski definition) is 1. The van der Waals surface area contributed by atoms with E-state index in [1.165, 1.54) is 35.0 Å². The Balaban J connectivity index is 2.28. The van der Waals surface area contributed by atoms with E-state index < -0.39 is 0 Å². The Morgan fingerprint density at radius 3 is 3.23 bits per heavy atom. The quantitative estimate of drug-likeness (QED) is 0.628. The third-order valence-corrected chi connectivity index (χ3v) is 2.72. The topological polar surface area (TPSA) is 27.8 Å². The Labute approximate surface area is 77.0 Å². The van der Waals surface area contributed by atoms with Gasteiger partial charge in [-0.05, 0) is 36.6 Å².